The summed E-state index contributed by atoms with van der Waals surface area (Å²) in [6, 6.07) is 7.16. The van der Waals surface area contributed by atoms with Gasteiger partial charge < -0.3 is 5.11 Å². The highest BCUT2D eigenvalue weighted by Gasteiger charge is 2.29. The average molecular weight is 307 g/mol. The summed E-state index contributed by atoms with van der Waals surface area (Å²) in [5, 5.41) is 9.92. The van der Waals surface area contributed by atoms with Crippen molar-refractivity contribution >= 4 is 25.8 Å². The highest BCUT2D eigenvalue weighted by Crippen LogP contribution is 2.27. The van der Waals surface area contributed by atoms with Gasteiger partial charge in [-0.2, -0.15) is 0 Å². The molecule has 0 aromatic heterocycles. The van der Waals surface area contributed by atoms with Crippen molar-refractivity contribution in [3.63, 3.8) is 0 Å². The van der Waals surface area contributed by atoms with Gasteiger partial charge in [0.2, 0.25) is 0 Å². The molecular formula is C11H15BrO3S. The van der Waals surface area contributed by atoms with Gasteiger partial charge in [0.25, 0.3) is 0 Å². The maximum atomic E-state index is 11.6. The molecule has 1 N–H and O–H groups in total. The standard InChI is InChI=1S/C11H15BrO3S/c1-3-16(14,15)11(12)10(13)9-6-4-8(2)5-7-9/h4-7,10-11,13H,3H2,1-2H3/t10-,11+/m1/s1. The van der Waals surface area contributed by atoms with Gasteiger partial charge in [-0.3, -0.25) is 0 Å². The fourth-order valence-corrected chi connectivity index (χ4v) is 3.24. The van der Waals surface area contributed by atoms with Crippen LogP contribution in [0.4, 0.5) is 0 Å². The van der Waals surface area contributed by atoms with Crippen LogP contribution in [0.25, 0.3) is 0 Å². The first-order chi connectivity index (χ1) is 7.38. The van der Waals surface area contributed by atoms with Crippen molar-refractivity contribution in [2.45, 2.75) is 24.1 Å². The van der Waals surface area contributed by atoms with Crippen LogP contribution in [0.2, 0.25) is 0 Å². The number of hydrogen-bond acceptors (Lipinski definition) is 3. The second-order valence-corrected chi connectivity index (χ2v) is 7.66. The number of alkyl halides is 1. The number of sulfone groups is 1. The van der Waals surface area contributed by atoms with Crippen molar-refractivity contribution in [3.8, 4) is 0 Å². The molecule has 5 heteroatoms. The van der Waals surface area contributed by atoms with Crippen molar-refractivity contribution in [3.05, 3.63) is 35.4 Å². The molecule has 0 aliphatic carbocycles. The molecule has 0 saturated heterocycles. The third-order valence-electron chi connectivity index (χ3n) is 2.41. The van der Waals surface area contributed by atoms with Gasteiger partial charge in [0.05, 0.1) is 0 Å². The van der Waals surface area contributed by atoms with E-state index in [2.05, 4.69) is 15.9 Å². The summed E-state index contributed by atoms with van der Waals surface area (Å²) in [5.74, 6) is 0.00579. The molecule has 0 radical (unpaired) electrons. The molecule has 0 amide bonds. The molecule has 0 unspecified atom stereocenters. The van der Waals surface area contributed by atoms with E-state index in [0.717, 1.165) is 5.56 Å². The molecule has 16 heavy (non-hydrogen) atoms. The highest BCUT2D eigenvalue weighted by molar-refractivity contribution is 9.11. The second-order valence-electron chi connectivity index (χ2n) is 3.66. The quantitative estimate of drug-likeness (QED) is 0.868. The Kier molecular flexibility index (Phi) is 4.52. The smallest absolute Gasteiger partial charge is 0.165 e. The fraction of sp³-hybridized carbons (Fsp3) is 0.455. The molecular weight excluding hydrogens is 292 g/mol. The summed E-state index contributed by atoms with van der Waals surface area (Å²) < 4.78 is 22.2. The number of aliphatic hydroxyl groups is 1. The molecule has 1 aromatic carbocycles. The largest absolute Gasteiger partial charge is 0.386 e. The van der Waals surface area contributed by atoms with E-state index < -0.39 is 20.1 Å². The number of halogens is 1. The van der Waals surface area contributed by atoms with E-state index in [-0.39, 0.29) is 5.75 Å². The molecule has 0 spiro atoms. The lowest BCUT2D eigenvalue weighted by atomic mass is 10.1. The SMILES string of the molecule is CCS(=O)(=O)[C@H](Br)[C@H](O)c1ccc(C)cc1. The maximum absolute atomic E-state index is 11.6. The predicted molar refractivity (Wildman–Crippen MR) is 68.3 cm³/mol. The molecule has 0 aliphatic rings. The van der Waals surface area contributed by atoms with Crippen LogP contribution >= 0.6 is 15.9 Å². The van der Waals surface area contributed by atoms with E-state index in [4.69, 9.17) is 0 Å². The molecule has 1 rings (SSSR count). The van der Waals surface area contributed by atoms with Gasteiger partial charge in [-0.1, -0.05) is 52.7 Å². The molecule has 90 valence electrons. The van der Waals surface area contributed by atoms with Gasteiger partial charge in [0.15, 0.2) is 9.84 Å². The Labute approximate surface area is 105 Å². The number of aliphatic hydroxyl groups excluding tert-OH is 1. The van der Waals surface area contributed by atoms with Gasteiger partial charge in [-0.05, 0) is 12.5 Å². The Morgan fingerprint density at radius 1 is 1.31 bits per heavy atom. The first kappa shape index (κ1) is 13.7. The van der Waals surface area contributed by atoms with Crippen LogP contribution in [0, 0.1) is 6.92 Å². The molecule has 0 aliphatic heterocycles. The van der Waals surface area contributed by atoms with Crippen molar-refractivity contribution in [2.24, 2.45) is 0 Å². The Morgan fingerprint density at radius 3 is 2.25 bits per heavy atom. The van der Waals surface area contributed by atoms with Gasteiger partial charge in [0, 0.05) is 5.75 Å². The second kappa shape index (κ2) is 5.29. The zero-order valence-corrected chi connectivity index (χ0v) is 11.6. The Morgan fingerprint density at radius 2 is 1.81 bits per heavy atom. The minimum Gasteiger partial charge on any atom is -0.386 e. The van der Waals surface area contributed by atoms with E-state index in [1.165, 1.54) is 0 Å². The Balaban J connectivity index is 2.94. The summed E-state index contributed by atoms with van der Waals surface area (Å²) in [5.41, 5.74) is 1.67. The van der Waals surface area contributed by atoms with Gasteiger partial charge in [-0.25, -0.2) is 8.42 Å². The van der Waals surface area contributed by atoms with Crippen LogP contribution in [-0.2, 0) is 9.84 Å². The van der Waals surface area contributed by atoms with Crippen LogP contribution in [0.1, 0.15) is 24.2 Å². The fourth-order valence-electron chi connectivity index (χ4n) is 1.27. The predicted octanol–water partition coefficient (Wildman–Crippen LogP) is 2.18. The first-order valence-electron chi connectivity index (χ1n) is 4.98. The lowest BCUT2D eigenvalue weighted by molar-refractivity contribution is 0.195. The summed E-state index contributed by atoms with van der Waals surface area (Å²) in [6.07, 6.45) is -1.04. The normalized spacial score (nSPS) is 15.8. The number of rotatable bonds is 4. The van der Waals surface area contributed by atoms with Crippen LogP contribution in [0.5, 0.6) is 0 Å². The molecule has 0 heterocycles. The molecule has 0 fully saturated rings. The number of aryl methyl sites for hydroxylation is 1. The minimum absolute atomic E-state index is 0.00579. The van der Waals surface area contributed by atoms with Gasteiger partial charge in [-0.15, -0.1) is 0 Å². The molecule has 0 bridgehead atoms. The van der Waals surface area contributed by atoms with Crippen LogP contribution in [0.3, 0.4) is 0 Å². The summed E-state index contributed by atoms with van der Waals surface area (Å²) in [4.78, 5) is 0. The Hall–Kier alpha value is -0.390. The summed E-state index contributed by atoms with van der Waals surface area (Å²) in [6.45, 7) is 3.50. The average Bonchev–Trinajstić information content (AvgIpc) is 2.28. The van der Waals surface area contributed by atoms with E-state index >= 15 is 0 Å². The minimum atomic E-state index is -3.29. The maximum Gasteiger partial charge on any atom is 0.165 e. The Bertz CT molecular complexity index is 439. The molecule has 0 saturated carbocycles. The lowest BCUT2D eigenvalue weighted by Crippen LogP contribution is -2.24. The third-order valence-corrected chi connectivity index (χ3v) is 6.37. The van der Waals surface area contributed by atoms with Crippen LogP contribution in [0.15, 0.2) is 24.3 Å². The molecule has 1 aromatic rings. The van der Waals surface area contributed by atoms with Crippen LogP contribution in [-0.4, -0.2) is 23.4 Å². The van der Waals surface area contributed by atoms with Gasteiger partial charge in [0.1, 0.15) is 10.3 Å². The van der Waals surface area contributed by atoms with Crippen molar-refractivity contribution in [1.82, 2.24) is 0 Å². The number of benzene rings is 1. The van der Waals surface area contributed by atoms with Gasteiger partial charge >= 0.3 is 0 Å². The third kappa shape index (κ3) is 3.06. The van der Waals surface area contributed by atoms with E-state index in [1.807, 2.05) is 19.1 Å². The highest BCUT2D eigenvalue weighted by atomic mass is 79.9. The number of hydrogen-bond donors (Lipinski definition) is 1. The molecule has 2 atom stereocenters. The monoisotopic (exact) mass is 306 g/mol. The van der Waals surface area contributed by atoms with Crippen molar-refractivity contribution in [2.75, 3.05) is 5.75 Å². The summed E-state index contributed by atoms with van der Waals surface area (Å²) >= 11 is 3.04. The first-order valence-corrected chi connectivity index (χ1v) is 7.62. The van der Waals surface area contributed by atoms with E-state index in [0.29, 0.717) is 5.56 Å². The topological polar surface area (TPSA) is 54.4 Å². The lowest BCUT2D eigenvalue weighted by Gasteiger charge is -2.17. The van der Waals surface area contributed by atoms with Crippen LogP contribution < -0.4 is 0 Å². The molecule has 3 nitrogen and oxygen atoms in total. The van der Waals surface area contributed by atoms with Crippen molar-refractivity contribution < 1.29 is 13.5 Å². The van der Waals surface area contributed by atoms with E-state index in [1.54, 1.807) is 19.1 Å². The van der Waals surface area contributed by atoms with E-state index in [9.17, 15) is 13.5 Å². The zero-order chi connectivity index (χ0) is 12.3. The zero-order valence-electron chi connectivity index (χ0n) is 9.22. The van der Waals surface area contributed by atoms with Crippen molar-refractivity contribution in [1.29, 1.82) is 0 Å². The summed E-state index contributed by atoms with van der Waals surface area (Å²) in [7, 11) is -3.29.